The molecule has 0 spiro atoms. The predicted octanol–water partition coefficient (Wildman–Crippen LogP) is 5.61. The minimum absolute atomic E-state index is 0.0929. The molecule has 3 aromatic rings. The highest BCUT2D eigenvalue weighted by molar-refractivity contribution is 8.01. The number of ether oxygens (including phenoxy) is 1. The fourth-order valence-corrected chi connectivity index (χ4v) is 6.53. The number of hydrogen-bond donors (Lipinski definition) is 1. The van der Waals surface area contributed by atoms with Crippen LogP contribution >= 0.6 is 34.7 Å². The van der Waals surface area contributed by atoms with Crippen LogP contribution in [0, 0.1) is 0 Å². The van der Waals surface area contributed by atoms with Gasteiger partial charge < -0.3 is 10.1 Å². The van der Waals surface area contributed by atoms with Crippen LogP contribution in [-0.4, -0.2) is 28.0 Å². The number of piperidine rings is 1. The van der Waals surface area contributed by atoms with E-state index in [1.807, 2.05) is 47.2 Å². The van der Waals surface area contributed by atoms with E-state index in [2.05, 4.69) is 10.3 Å². The van der Waals surface area contributed by atoms with Crippen molar-refractivity contribution in [2.24, 2.45) is 0 Å². The Morgan fingerprint density at radius 3 is 2.67 bits per heavy atom. The summed E-state index contributed by atoms with van der Waals surface area (Å²) in [6, 6.07) is 12.9. The van der Waals surface area contributed by atoms with Crippen LogP contribution in [0.2, 0.25) is 5.02 Å². The van der Waals surface area contributed by atoms with E-state index in [-0.39, 0.29) is 24.2 Å². The summed E-state index contributed by atoms with van der Waals surface area (Å²) in [6.45, 7) is 0. The molecule has 2 atom stereocenters. The van der Waals surface area contributed by atoms with Crippen molar-refractivity contribution in [1.29, 1.82) is 0 Å². The molecule has 5 rings (SSSR count). The fraction of sp³-hybridized carbons (Fsp3) is 0.320. The third kappa shape index (κ3) is 4.42. The van der Waals surface area contributed by atoms with Gasteiger partial charge in [0.25, 0.3) is 0 Å². The summed E-state index contributed by atoms with van der Waals surface area (Å²) >= 11 is 8.99. The van der Waals surface area contributed by atoms with Gasteiger partial charge >= 0.3 is 0 Å². The molecule has 2 unspecified atom stereocenters. The normalized spacial score (nSPS) is 23.5. The highest BCUT2D eigenvalue weighted by atomic mass is 35.5. The second-order valence-electron chi connectivity index (χ2n) is 8.35. The zero-order chi connectivity index (χ0) is 22.8. The molecule has 3 heterocycles. The highest BCUT2D eigenvalue weighted by Gasteiger charge is 2.50. The lowest BCUT2D eigenvalue weighted by atomic mass is 9.79. The van der Waals surface area contributed by atoms with Gasteiger partial charge in [0.1, 0.15) is 22.2 Å². The Bertz CT molecular complexity index is 1140. The smallest absolute Gasteiger partial charge is 0.242 e. The molecule has 1 aliphatic carbocycles. The SMILES string of the molecule is O=C1CC(c2ccsc2)(c2ncccc2OC2CCCC2)NC(=O)C1Sc1ccccc1Cl. The van der Waals surface area contributed by atoms with Crippen molar-refractivity contribution >= 4 is 46.4 Å². The maximum absolute atomic E-state index is 13.5. The molecule has 1 saturated heterocycles. The zero-order valence-corrected chi connectivity index (χ0v) is 20.2. The molecule has 2 fully saturated rings. The number of rotatable bonds is 6. The van der Waals surface area contributed by atoms with Crippen molar-refractivity contribution in [3.05, 3.63) is 75.7 Å². The number of nitrogens with one attached hydrogen (secondary N) is 1. The van der Waals surface area contributed by atoms with Gasteiger partial charge in [-0.2, -0.15) is 11.3 Å². The van der Waals surface area contributed by atoms with E-state index < -0.39 is 10.8 Å². The Labute approximate surface area is 205 Å². The molecular formula is C25H23ClN2O3S2. The Balaban J connectivity index is 1.51. The number of thioether (sulfide) groups is 1. The number of aromatic nitrogens is 1. The average molecular weight is 499 g/mol. The van der Waals surface area contributed by atoms with Crippen molar-refractivity contribution in [3.63, 3.8) is 0 Å². The van der Waals surface area contributed by atoms with Gasteiger partial charge in [-0.15, -0.1) is 11.8 Å². The largest absolute Gasteiger partial charge is 0.488 e. The number of benzene rings is 1. The lowest BCUT2D eigenvalue weighted by Gasteiger charge is -2.40. The maximum Gasteiger partial charge on any atom is 0.242 e. The van der Waals surface area contributed by atoms with Crippen LogP contribution in [0.25, 0.3) is 0 Å². The van der Waals surface area contributed by atoms with Gasteiger partial charge in [-0.1, -0.05) is 23.7 Å². The fourth-order valence-electron chi connectivity index (χ4n) is 4.56. The van der Waals surface area contributed by atoms with Gasteiger partial charge in [-0.3, -0.25) is 14.6 Å². The van der Waals surface area contributed by atoms with E-state index in [0.29, 0.717) is 21.4 Å². The number of ketones is 1. The van der Waals surface area contributed by atoms with Crippen LogP contribution < -0.4 is 10.1 Å². The van der Waals surface area contributed by atoms with Crippen molar-refractivity contribution < 1.29 is 14.3 Å². The number of hydrogen-bond acceptors (Lipinski definition) is 6. The first kappa shape index (κ1) is 22.4. The van der Waals surface area contributed by atoms with E-state index in [1.165, 1.54) is 23.1 Å². The van der Waals surface area contributed by atoms with Crippen molar-refractivity contribution in [3.8, 4) is 5.75 Å². The van der Waals surface area contributed by atoms with Gasteiger partial charge in [0.2, 0.25) is 5.91 Å². The Morgan fingerprint density at radius 1 is 1.12 bits per heavy atom. The second-order valence-corrected chi connectivity index (χ2v) is 10.7. The second kappa shape index (κ2) is 9.49. The van der Waals surface area contributed by atoms with Gasteiger partial charge in [0, 0.05) is 17.5 Å². The predicted molar refractivity (Wildman–Crippen MR) is 131 cm³/mol. The molecule has 8 heteroatoms. The minimum atomic E-state index is -1.07. The minimum Gasteiger partial charge on any atom is -0.488 e. The molecule has 1 aromatic carbocycles. The number of halogens is 1. The Kier molecular flexibility index (Phi) is 6.45. The van der Waals surface area contributed by atoms with Crippen LogP contribution in [0.1, 0.15) is 43.4 Å². The van der Waals surface area contributed by atoms with Crippen molar-refractivity contribution in [2.75, 3.05) is 0 Å². The number of thiophene rings is 1. The van der Waals surface area contributed by atoms with E-state index >= 15 is 0 Å². The monoisotopic (exact) mass is 498 g/mol. The Hall–Kier alpha value is -2.35. The molecule has 1 saturated carbocycles. The summed E-state index contributed by atoms with van der Waals surface area (Å²) in [7, 11) is 0. The van der Waals surface area contributed by atoms with E-state index in [1.54, 1.807) is 12.3 Å². The molecule has 33 heavy (non-hydrogen) atoms. The average Bonchev–Trinajstić information content (AvgIpc) is 3.52. The standard InChI is InChI=1S/C25H23ClN2O3S2/c26-18-8-3-4-10-21(18)33-22-19(29)14-25(28-24(22)30,16-11-13-32-15-16)23-20(9-5-12-27-23)31-17-6-1-2-7-17/h3-5,8-13,15,17,22H,1-2,6-7,14H2,(H,28,30). The molecule has 2 aliphatic rings. The molecule has 1 N–H and O–H groups in total. The van der Waals surface area contributed by atoms with E-state index in [4.69, 9.17) is 16.3 Å². The van der Waals surface area contributed by atoms with Gasteiger partial charge in [-0.05, 0) is 72.3 Å². The zero-order valence-electron chi connectivity index (χ0n) is 17.8. The number of carbonyl (C=O) groups excluding carboxylic acids is 2. The van der Waals surface area contributed by atoms with Gasteiger partial charge in [-0.25, -0.2) is 0 Å². The van der Waals surface area contributed by atoms with E-state index in [0.717, 1.165) is 31.2 Å². The van der Waals surface area contributed by atoms with Crippen LogP contribution in [0.3, 0.4) is 0 Å². The molecule has 2 aromatic heterocycles. The first-order valence-electron chi connectivity index (χ1n) is 11.0. The van der Waals surface area contributed by atoms with E-state index in [9.17, 15) is 9.59 Å². The van der Waals surface area contributed by atoms with Crippen molar-refractivity contribution in [2.45, 2.75) is 53.9 Å². The molecule has 170 valence electrons. The number of Topliss-reactive ketones (excluding diaryl/α,β-unsaturated/α-hetero) is 1. The summed E-state index contributed by atoms with van der Waals surface area (Å²) in [4.78, 5) is 32.2. The van der Waals surface area contributed by atoms with Gasteiger partial charge in [0.05, 0.1) is 11.1 Å². The molecule has 0 bridgehead atoms. The quantitative estimate of drug-likeness (QED) is 0.447. The summed E-state index contributed by atoms with van der Waals surface area (Å²) in [5.41, 5.74) is 0.351. The topological polar surface area (TPSA) is 68.3 Å². The molecule has 5 nitrogen and oxygen atoms in total. The molecule has 1 aliphatic heterocycles. The molecular weight excluding hydrogens is 476 g/mol. The van der Waals surface area contributed by atoms with Crippen LogP contribution in [-0.2, 0) is 15.1 Å². The van der Waals surface area contributed by atoms with Gasteiger partial charge in [0.15, 0.2) is 5.78 Å². The summed E-state index contributed by atoms with van der Waals surface area (Å²) in [6.07, 6.45) is 6.20. The number of amides is 1. The lowest BCUT2D eigenvalue weighted by molar-refractivity contribution is -0.133. The van der Waals surface area contributed by atoms with Crippen molar-refractivity contribution in [1.82, 2.24) is 10.3 Å². The summed E-state index contributed by atoms with van der Waals surface area (Å²) < 4.78 is 6.35. The number of pyridine rings is 1. The third-order valence-corrected chi connectivity index (χ3v) is 8.62. The third-order valence-electron chi connectivity index (χ3n) is 6.17. The maximum atomic E-state index is 13.5. The number of carbonyl (C=O) groups is 2. The van der Waals surface area contributed by atoms with Crippen LogP contribution in [0.4, 0.5) is 0 Å². The first-order chi connectivity index (χ1) is 16.1. The highest BCUT2D eigenvalue weighted by Crippen LogP contribution is 2.44. The molecule has 1 amide bonds. The molecule has 0 radical (unpaired) electrons. The number of nitrogens with zero attached hydrogens (tertiary/aromatic N) is 1. The first-order valence-corrected chi connectivity index (χ1v) is 13.2. The summed E-state index contributed by atoms with van der Waals surface area (Å²) in [5, 5.41) is 6.73. The van der Waals surface area contributed by atoms with Crippen LogP contribution in [0.5, 0.6) is 5.75 Å². The summed E-state index contributed by atoms with van der Waals surface area (Å²) in [5.74, 6) is 0.119. The van der Waals surface area contributed by atoms with Crippen LogP contribution in [0.15, 0.2) is 64.3 Å². The Morgan fingerprint density at radius 2 is 1.94 bits per heavy atom. The lowest BCUT2D eigenvalue weighted by Crippen LogP contribution is -2.58.